The van der Waals surface area contributed by atoms with Crippen LogP contribution in [0.4, 0.5) is 0 Å². The molecule has 17 heavy (non-hydrogen) atoms. The highest BCUT2D eigenvalue weighted by Crippen LogP contribution is 2.18. The number of carboxylic acids is 1. The number of carbonyl (C=O) groups is 2. The number of aliphatic carboxylic acids is 1. The lowest BCUT2D eigenvalue weighted by Gasteiger charge is -2.34. The molecule has 1 aliphatic heterocycles. The molecule has 1 N–H and O–H groups in total. The highest BCUT2D eigenvalue weighted by atomic mass is 32.2. The summed E-state index contributed by atoms with van der Waals surface area (Å²) < 4.78 is 5.23. The van der Waals surface area contributed by atoms with Gasteiger partial charge in [0, 0.05) is 19.3 Å². The summed E-state index contributed by atoms with van der Waals surface area (Å²) in [6.45, 7) is 2.79. The molecule has 1 rings (SSSR count). The smallest absolute Gasteiger partial charge is 0.323 e. The lowest BCUT2D eigenvalue weighted by molar-refractivity contribution is -0.147. The van der Waals surface area contributed by atoms with Crippen LogP contribution >= 0.6 is 11.8 Å². The predicted molar refractivity (Wildman–Crippen MR) is 66.2 cm³/mol. The minimum absolute atomic E-state index is 0.00181. The van der Waals surface area contributed by atoms with Crippen LogP contribution in [-0.2, 0) is 14.3 Å². The van der Waals surface area contributed by atoms with Crippen molar-refractivity contribution in [3.63, 3.8) is 0 Å². The molecule has 0 radical (unpaired) electrons. The zero-order valence-electron chi connectivity index (χ0n) is 10.2. The molecular weight excluding hydrogens is 242 g/mol. The highest BCUT2D eigenvalue weighted by Gasteiger charge is 2.29. The first-order chi connectivity index (χ1) is 8.06. The largest absolute Gasteiger partial charge is 0.480 e. The van der Waals surface area contributed by atoms with Crippen LogP contribution in [-0.4, -0.2) is 59.2 Å². The Morgan fingerprint density at radius 1 is 1.47 bits per heavy atom. The Morgan fingerprint density at radius 2 is 2.06 bits per heavy atom. The van der Waals surface area contributed by atoms with E-state index in [1.807, 2.05) is 6.26 Å². The zero-order chi connectivity index (χ0) is 12.8. The van der Waals surface area contributed by atoms with E-state index in [0.717, 1.165) is 12.8 Å². The molecule has 5 nitrogen and oxygen atoms in total. The number of carboxylic acid groups (broad SMARTS) is 1. The zero-order valence-corrected chi connectivity index (χ0v) is 11.0. The van der Waals surface area contributed by atoms with Crippen LogP contribution in [0.25, 0.3) is 0 Å². The van der Waals surface area contributed by atoms with Crippen molar-refractivity contribution in [1.82, 2.24) is 4.90 Å². The van der Waals surface area contributed by atoms with E-state index in [9.17, 15) is 9.59 Å². The fourth-order valence-corrected chi connectivity index (χ4v) is 2.20. The van der Waals surface area contributed by atoms with Gasteiger partial charge in [-0.1, -0.05) is 0 Å². The number of ether oxygens (including phenoxy) is 1. The van der Waals surface area contributed by atoms with Crippen LogP contribution in [0.5, 0.6) is 0 Å². The van der Waals surface area contributed by atoms with Crippen LogP contribution in [0.1, 0.15) is 19.8 Å². The van der Waals surface area contributed by atoms with Crippen LogP contribution in [0, 0.1) is 0 Å². The predicted octanol–water partition coefficient (Wildman–Crippen LogP) is 0.830. The summed E-state index contributed by atoms with van der Waals surface area (Å²) in [6.07, 6.45) is 3.30. The van der Waals surface area contributed by atoms with Crippen molar-refractivity contribution in [2.45, 2.75) is 31.1 Å². The molecule has 0 bridgehead atoms. The molecule has 1 heterocycles. The van der Waals surface area contributed by atoms with E-state index < -0.39 is 5.97 Å². The molecule has 1 aliphatic rings. The fourth-order valence-electron chi connectivity index (χ4n) is 1.86. The first-order valence-corrected chi connectivity index (χ1v) is 6.98. The Morgan fingerprint density at radius 3 is 2.53 bits per heavy atom. The van der Waals surface area contributed by atoms with Crippen molar-refractivity contribution in [1.29, 1.82) is 0 Å². The molecule has 1 saturated heterocycles. The molecule has 0 aromatic carbocycles. The monoisotopic (exact) mass is 261 g/mol. The van der Waals surface area contributed by atoms with Gasteiger partial charge in [0.25, 0.3) is 0 Å². The summed E-state index contributed by atoms with van der Waals surface area (Å²) >= 11 is 1.44. The SMILES string of the molecule is CS[C@H](C)C(=O)N(CC(=O)O)C1CCOCC1. The maximum absolute atomic E-state index is 12.1. The maximum Gasteiger partial charge on any atom is 0.323 e. The number of thioether (sulfide) groups is 1. The van der Waals surface area contributed by atoms with Gasteiger partial charge < -0.3 is 14.7 Å². The van der Waals surface area contributed by atoms with E-state index in [1.165, 1.54) is 16.7 Å². The Balaban J connectivity index is 2.70. The number of hydrogen-bond acceptors (Lipinski definition) is 4. The second-order valence-corrected chi connectivity index (χ2v) is 5.26. The second kappa shape index (κ2) is 6.86. The molecule has 0 saturated carbocycles. The third-order valence-electron chi connectivity index (χ3n) is 2.92. The van der Waals surface area contributed by atoms with Crippen molar-refractivity contribution in [3.05, 3.63) is 0 Å². The van der Waals surface area contributed by atoms with Gasteiger partial charge in [-0.2, -0.15) is 11.8 Å². The highest BCUT2D eigenvalue weighted by molar-refractivity contribution is 7.99. The molecule has 0 spiro atoms. The molecule has 1 fully saturated rings. The topological polar surface area (TPSA) is 66.8 Å². The molecule has 1 amide bonds. The summed E-state index contributed by atoms with van der Waals surface area (Å²) in [5.74, 6) is -1.05. The molecular formula is C11H19NO4S. The Labute approximate surface area is 105 Å². The Hall–Kier alpha value is -0.750. The summed E-state index contributed by atoms with van der Waals surface area (Å²) in [4.78, 5) is 24.4. The van der Waals surface area contributed by atoms with Crippen LogP contribution in [0.3, 0.4) is 0 Å². The van der Waals surface area contributed by atoms with E-state index in [-0.39, 0.29) is 23.7 Å². The van der Waals surface area contributed by atoms with Gasteiger partial charge in [0.1, 0.15) is 6.54 Å². The number of rotatable bonds is 5. The lowest BCUT2D eigenvalue weighted by Crippen LogP contribution is -2.48. The first kappa shape index (κ1) is 14.3. The second-order valence-electron chi connectivity index (χ2n) is 4.08. The van der Waals surface area contributed by atoms with Crippen LogP contribution in [0.15, 0.2) is 0 Å². The van der Waals surface area contributed by atoms with Gasteiger partial charge in [-0.15, -0.1) is 0 Å². The van der Waals surface area contributed by atoms with Gasteiger partial charge in [0.15, 0.2) is 0 Å². The molecule has 0 aliphatic carbocycles. The number of amides is 1. The van der Waals surface area contributed by atoms with Gasteiger partial charge >= 0.3 is 5.97 Å². The standard InChI is InChI=1S/C11H19NO4S/c1-8(17-2)11(15)12(7-10(13)14)9-3-5-16-6-4-9/h8-9H,3-7H2,1-2H3,(H,13,14)/t8-/m1/s1. The van der Waals surface area contributed by atoms with Crippen molar-refractivity contribution >= 4 is 23.6 Å². The molecule has 0 aromatic rings. The molecule has 0 aromatic heterocycles. The summed E-state index contributed by atoms with van der Waals surface area (Å²) in [6, 6.07) is 0.00181. The minimum atomic E-state index is -0.960. The van der Waals surface area contributed by atoms with Crippen molar-refractivity contribution in [3.8, 4) is 0 Å². The van der Waals surface area contributed by atoms with Crippen molar-refractivity contribution < 1.29 is 19.4 Å². The normalized spacial score (nSPS) is 18.7. The Kier molecular flexibility index (Phi) is 5.77. The lowest BCUT2D eigenvalue weighted by atomic mass is 10.1. The van der Waals surface area contributed by atoms with Gasteiger partial charge in [-0.05, 0) is 26.0 Å². The van der Waals surface area contributed by atoms with Gasteiger partial charge in [0.2, 0.25) is 5.91 Å². The first-order valence-electron chi connectivity index (χ1n) is 5.69. The molecule has 1 atom stereocenters. The molecule has 6 heteroatoms. The minimum Gasteiger partial charge on any atom is -0.480 e. The van der Waals surface area contributed by atoms with Crippen molar-refractivity contribution in [2.24, 2.45) is 0 Å². The van der Waals surface area contributed by atoms with E-state index >= 15 is 0 Å². The fraction of sp³-hybridized carbons (Fsp3) is 0.818. The third kappa shape index (κ3) is 4.20. The van der Waals surface area contributed by atoms with E-state index in [4.69, 9.17) is 9.84 Å². The quantitative estimate of drug-likeness (QED) is 0.794. The summed E-state index contributed by atoms with van der Waals surface area (Å²) in [5.41, 5.74) is 0. The molecule has 98 valence electrons. The van der Waals surface area contributed by atoms with E-state index in [1.54, 1.807) is 6.92 Å². The van der Waals surface area contributed by atoms with Crippen LogP contribution < -0.4 is 0 Å². The van der Waals surface area contributed by atoms with E-state index in [2.05, 4.69) is 0 Å². The number of hydrogen-bond donors (Lipinski definition) is 1. The maximum atomic E-state index is 12.1. The third-order valence-corrected chi connectivity index (χ3v) is 3.83. The number of nitrogens with zero attached hydrogens (tertiary/aromatic N) is 1. The van der Waals surface area contributed by atoms with E-state index in [0.29, 0.717) is 13.2 Å². The summed E-state index contributed by atoms with van der Waals surface area (Å²) in [5, 5.41) is 8.69. The number of carbonyl (C=O) groups excluding carboxylic acids is 1. The average molecular weight is 261 g/mol. The van der Waals surface area contributed by atoms with Crippen LogP contribution in [0.2, 0.25) is 0 Å². The molecule has 0 unspecified atom stereocenters. The Bertz CT molecular complexity index is 279. The van der Waals surface area contributed by atoms with Gasteiger partial charge in [-0.3, -0.25) is 9.59 Å². The van der Waals surface area contributed by atoms with Crippen molar-refractivity contribution in [2.75, 3.05) is 26.0 Å². The van der Waals surface area contributed by atoms with Gasteiger partial charge in [-0.25, -0.2) is 0 Å². The average Bonchev–Trinajstić information content (AvgIpc) is 2.35. The summed E-state index contributed by atoms with van der Waals surface area (Å²) in [7, 11) is 0. The van der Waals surface area contributed by atoms with Gasteiger partial charge in [0.05, 0.1) is 5.25 Å².